The minimum Gasteiger partial charge on any atom is -0.336 e. The molecular formula is C21H19F3N2O2. The second-order valence-corrected chi connectivity index (χ2v) is 6.40. The Morgan fingerprint density at radius 3 is 2.04 bits per heavy atom. The summed E-state index contributed by atoms with van der Waals surface area (Å²) in [5, 5.41) is 0. The molecule has 2 amide bonds. The molecular weight excluding hydrogens is 369 g/mol. The Hall–Kier alpha value is -3.09. The highest BCUT2D eigenvalue weighted by Crippen LogP contribution is 2.32. The van der Waals surface area contributed by atoms with Crippen molar-refractivity contribution in [3.63, 3.8) is 0 Å². The summed E-state index contributed by atoms with van der Waals surface area (Å²) in [5.74, 6) is -0.855. The Labute approximate surface area is 160 Å². The number of piperazine rings is 1. The van der Waals surface area contributed by atoms with Crippen molar-refractivity contribution in [2.24, 2.45) is 0 Å². The van der Waals surface area contributed by atoms with E-state index in [9.17, 15) is 22.8 Å². The Morgan fingerprint density at radius 2 is 1.39 bits per heavy atom. The number of rotatable bonds is 3. The highest BCUT2D eigenvalue weighted by atomic mass is 19.4. The Kier molecular flexibility index (Phi) is 5.82. The van der Waals surface area contributed by atoms with E-state index in [1.165, 1.54) is 29.2 Å². The van der Waals surface area contributed by atoms with E-state index in [0.29, 0.717) is 0 Å². The van der Waals surface area contributed by atoms with Gasteiger partial charge in [-0.1, -0.05) is 42.5 Å². The van der Waals surface area contributed by atoms with Gasteiger partial charge in [0.2, 0.25) is 5.91 Å². The van der Waals surface area contributed by atoms with Gasteiger partial charge in [-0.25, -0.2) is 0 Å². The molecule has 0 aromatic heterocycles. The molecule has 4 nitrogen and oxygen atoms in total. The summed E-state index contributed by atoms with van der Waals surface area (Å²) in [6.45, 7) is 0.932. The normalized spacial score (nSPS) is 15.1. The molecule has 0 N–H and O–H groups in total. The van der Waals surface area contributed by atoms with Crippen molar-refractivity contribution in [1.29, 1.82) is 0 Å². The Balaban J connectivity index is 1.62. The van der Waals surface area contributed by atoms with Crippen LogP contribution in [0.4, 0.5) is 13.2 Å². The van der Waals surface area contributed by atoms with Gasteiger partial charge in [-0.15, -0.1) is 0 Å². The molecule has 1 aliphatic rings. The molecule has 1 fully saturated rings. The van der Waals surface area contributed by atoms with Gasteiger partial charge in [0.25, 0.3) is 5.91 Å². The lowest BCUT2D eigenvalue weighted by Gasteiger charge is -2.34. The molecule has 1 saturated heterocycles. The van der Waals surface area contributed by atoms with Crippen molar-refractivity contribution < 1.29 is 22.8 Å². The number of carbonyl (C=O) groups excluding carboxylic acids is 2. The van der Waals surface area contributed by atoms with Crippen LogP contribution in [0.5, 0.6) is 0 Å². The fourth-order valence-corrected chi connectivity index (χ4v) is 3.05. The van der Waals surface area contributed by atoms with Crippen LogP contribution < -0.4 is 0 Å². The van der Waals surface area contributed by atoms with E-state index in [4.69, 9.17) is 0 Å². The first-order valence-electron chi connectivity index (χ1n) is 8.84. The molecule has 28 heavy (non-hydrogen) atoms. The fourth-order valence-electron chi connectivity index (χ4n) is 3.05. The molecule has 2 aromatic rings. The molecule has 0 unspecified atom stereocenters. The number of carbonyl (C=O) groups is 2. The van der Waals surface area contributed by atoms with Crippen molar-refractivity contribution in [2.75, 3.05) is 26.2 Å². The van der Waals surface area contributed by atoms with Gasteiger partial charge < -0.3 is 9.80 Å². The summed E-state index contributed by atoms with van der Waals surface area (Å²) in [6.07, 6.45) is -1.42. The Morgan fingerprint density at radius 1 is 0.821 bits per heavy atom. The van der Waals surface area contributed by atoms with E-state index in [0.717, 1.165) is 11.6 Å². The molecule has 3 rings (SSSR count). The van der Waals surface area contributed by atoms with Crippen LogP contribution in [0.25, 0.3) is 6.08 Å². The quantitative estimate of drug-likeness (QED) is 0.753. The largest absolute Gasteiger partial charge is 0.417 e. The lowest BCUT2D eigenvalue weighted by Crippen LogP contribution is -2.50. The second kappa shape index (κ2) is 8.29. The van der Waals surface area contributed by atoms with Gasteiger partial charge in [-0.05, 0) is 23.8 Å². The first-order chi connectivity index (χ1) is 13.4. The molecule has 0 aliphatic carbocycles. The van der Waals surface area contributed by atoms with E-state index in [-0.39, 0.29) is 37.6 Å². The average Bonchev–Trinajstić information content (AvgIpc) is 2.72. The summed E-state index contributed by atoms with van der Waals surface area (Å²) in [6, 6.07) is 14.1. The SMILES string of the molecule is O=C(C=Cc1ccccc1)N1CCN(C(=O)c2ccccc2C(F)(F)F)CC1. The molecule has 0 atom stereocenters. The summed E-state index contributed by atoms with van der Waals surface area (Å²) in [5.41, 5.74) is -0.406. The van der Waals surface area contributed by atoms with Crippen LogP contribution in [0.2, 0.25) is 0 Å². The number of nitrogens with zero attached hydrogens (tertiary/aromatic N) is 2. The van der Waals surface area contributed by atoms with Gasteiger partial charge >= 0.3 is 6.18 Å². The summed E-state index contributed by atoms with van der Waals surface area (Å²) >= 11 is 0. The number of alkyl halides is 3. The molecule has 2 aromatic carbocycles. The number of halogens is 3. The number of hydrogen-bond acceptors (Lipinski definition) is 2. The maximum Gasteiger partial charge on any atom is 0.417 e. The smallest absolute Gasteiger partial charge is 0.336 e. The van der Waals surface area contributed by atoms with Crippen molar-refractivity contribution >= 4 is 17.9 Å². The zero-order valence-electron chi connectivity index (χ0n) is 15.0. The third-order valence-electron chi connectivity index (χ3n) is 4.56. The average molecular weight is 388 g/mol. The topological polar surface area (TPSA) is 40.6 Å². The first-order valence-corrected chi connectivity index (χ1v) is 8.84. The van der Waals surface area contributed by atoms with Gasteiger partial charge in [-0.2, -0.15) is 13.2 Å². The molecule has 1 aliphatic heterocycles. The third-order valence-corrected chi connectivity index (χ3v) is 4.56. The zero-order valence-corrected chi connectivity index (χ0v) is 15.0. The van der Waals surface area contributed by atoms with Crippen LogP contribution in [0, 0.1) is 0 Å². The van der Waals surface area contributed by atoms with Gasteiger partial charge in [0.1, 0.15) is 0 Å². The van der Waals surface area contributed by atoms with E-state index in [1.54, 1.807) is 11.0 Å². The number of hydrogen-bond donors (Lipinski definition) is 0. The standard InChI is InChI=1S/C21H19F3N2O2/c22-21(23,24)18-9-5-4-8-17(18)20(28)26-14-12-25(13-15-26)19(27)11-10-16-6-2-1-3-7-16/h1-11H,12-15H2. The van der Waals surface area contributed by atoms with Gasteiger partial charge in [0, 0.05) is 32.3 Å². The zero-order chi connectivity index (χ0) is 20.1. The molecule has 7 heteroatoms. The summed E-state index contributed by atoms with van der Waals surface area (Å²) in [4.78, 5) is 27.8. The van der Waals surface area contributed by atoms with E-state index < -0.39 is 17.6 Å². The molecule has 0 saturated carbocycles. The van der Waals surface area contributed by atoms with Crippen LogP contribution in [-0.2, 0) is 11.0 Å². The lowest BCUT2D eigenvalue weighted by molar-refractivity contribution is -0.138. The van der Waals surface area contributed by atoms with Crippen LogP contribution in [0.3, 0.4) is 0 Å². The highest BCUT2D eigenvalue weighted by molar-refractivity contribution is 5.96. The van der Waals surface area contributed by atoms with E-state index in [1.807, 2.05) is 30.3 Å². The van der Waals surface area contributed by atoms with E-state index in [2.05, 4.69) is 0 Å². The molecule has 1 heterocycles. The van der Waals surface area contributed by atoms with Crippen molar-refractivity contribution in [2.45, 2.75) is 6.18 Å². The maximum atomic E-state index is 13.1. The van der Waals surface area contributed by atoms with Crippen molar-refractivity contribution in [3.05, 3.63) is 77.4 Å². The monoisotopic (exact) mass is 388 g/mol. The van der Waals surface area contributed by atoms with Crippen molar-refractivity contribution in [3.8, 4) is 0 Å². The van der Waals surface area contributed by atoms with E-state index >= 15 is 0 Å². The van der Waals surface area contributed by atoms with Crippen LogP contribution in [-0.4, -0.2) is 47.8 Å². The van der Waals surface area contributed by atoms with Gasteiger partial charge in [0.05, 0.1) is 11.1 Å². The minimum atomic E-state index is -4.59. The molecule has 0 radical (unpaired) electrons. The number of benzene rings is 2. The number of amides is 2. The first kappa shape index (κ1) is 19.7. The van der Waals surface area contributed by atoms with Crippen LogP contribution in [0.15, 0.2) is 60.7 Å². The predicted molar refractivity (Wildman–Crippen MR) is 99.4 cm³/mol. The summed E-state index contributed by atoms with van der Waals surface area (Å²) in [7, 11) is 0. The lowest BCUT2D eigenvalue weighted by atomic mass is 10.1. The minimum absolute atomic E-state index is 0.188. The fraction of sp³-hybridized carbons (Fsp3) is 0.238. The van der Waals surface area contributed by atoms with Crippen LogP contribution >= 0.6 is 0 Å². The second-order valence-electron chi connectivity index (χ2n) is 6.40. The molecule has 0 spiro atoms. The van der Waals surface area contributed by atoms with Crippen molar-refractivity contribution in [1.82, 2.24) is 9.80 Å². The maximum absolute atomic E-state index is 13.1. The molecule has 0 bridgehead atoms. The summed E-state index contributed by atoms with van der Waals surface area (Å²) < 4.78 is 39.4. The van der Waals surface area contributed by atoms with Crippen LogP contribution in [0.1, 0.15) is 21.5 Å². The Bertz CT molecular complexity index is 871. The van der Waals surface area contributed by atoms with Gasteiger partial charge in [-0.3, -0.25) is 9.59 Å². The highest BCUT2D eigenvalue weighted by Gasteiger charge is 2.36. The molecule has 146 valence electrons. The van der Waals surface area contributed by atoms with Gasteiger partial charge in [0.15, 0.2) is 0 Å². The predicted octanol–water partition coefficient (Wildman–Crippen LogP) is 3.70. The third kappa shape index (κ3) is 4.60.